The number of rotatable bonds is 7. The minimum atomic E-state index is 0.722. The van der Waals surface area contributed by atoms with Crippen molar-refractivity contribution < 1.29 is 4.74 Å². The van der Waals surface area contributed by atoms with Gasteiger partial charge >= 0.3 is 0 Å². The fraction of sp³-hybridized carbons (Fsp3) is 0.500. The van der Waals surface area contributed by atoms with Gasteiger partial charge in [-0.3, -0.25) is 0 Å². The Morgan fingerprint density at radius 3 is 2.93 bits per heavy atom. The van der Waals surface area contributed by atoms with E-state index in [9.17, 15) is 0 Å². The van der Waals surface area contributed by atoms with Crippen LogP contribution in [-0.2, 0) is 0 Å². The quantitative estimate of drug-likeness (QED) is 0.723. The van der Waals surface area contributed by atoms with E-state index in [-0.39, 0.29) is 0 Å². The van der Waals surface area contributed by atoms with E-state index in [1.807, 2.05) is 24.3 Å². The van der Waals surface area contributed by atoms with E-state index in [0.29, 0.717) is 0 Å². The molecule has 0 saturated heterocycles. The lowest BCUT2D eigenvalue weighted by Gasteiger charge is -2.06. The van der Waals surface area contributed by atoms with E-state index in [4.69, 9.17) is 16.3 Å². The first-order valence-corrected chi connectivity index (χ1v) is 5.80. The summed E-state index contributed by atoms with van der Waals surface area (Å²) in [6.45, 7) is 4.97. The molecular formula is C12H18ClNO. The van der Waals surface area contributed by atoms with E-state index in [1.54, 1.807) is 0 Å². The Morgan fingerprint density at radius 2 is 2.20 bits per heavy atom. The first kappa shape index (κ1) is 12.3. The normalized spacial score (nSPS) is 10.3. The molecule has 0 aliphatic rings. The number of hydrogen-bond acceptors (Lipinski definition) is 2. The second-order valence-corrected chi connectivity index (χ2v) is 3.80. The minimum absolute atomic E-state index is 0.722. The van der Waals surface area contributed by atoms with Crippen LogP contribution in [0.2, 0.25) is 5.02 Å². The van der Waals surface area contributed by atoms with Crippen LogP contribution < -0.4 is 10.1 Å². The topological polar surface area (TPSA) is 21.3 Å². The van der Waals surface area contributed by atoms with Gasteiger partial charge in [-0.15, -0.1) is 0 Å². The lowest BCUT2D eigenvalue weighted by atomic mass is 10.3. The molecule has 3 heteroatoms. The zero-order valence-corrected chi connectivity index (χ0v) is 9.89. The van der Waals surface area contributed by atoms with Crippen molar-refractivity contribution in [3.63, 3.8) is 0 Å². The van der Waals surface area contributed by atoms with Crippen LogP contribution in [0.4, 0.5) is 0 Å². The summed E-state index contributed by atoms with van der Waals surface area (Å²) in [5.41, 5.74) is 0. The van der Waals surface area contributed by atoms with Gasteiger partial charge in [0.25, 0.3) is 0 Å². The van der Waals surface area contributed by atoms with Crippen molar-refractivity contribution in [3.05, 3.63) is 29.3 Å². The average Bonchev–Trinajstić information content (AvgIpc) is 2.23. The van der Waals surface area contributed by atoms with Gasteiger partial charge in [-0.25, -0.2) is 0 Å². The molecule has 84 valence electrons. The van der Waals surface area contributed by atoms with Crippen LogP contribution >= 0.6 is 11.6 Å². The molecule has 0 amide bonds. The molecule has 0 bridgehead atoms. The maximum Gasteiger partial charge on any atom is 0.120 e. The number of hydrogen-bond donors (Lipinski definition) is 1. The highest BCUT2D eigenvalue weighted by atomic mass is 35.5. The molecule has 0 fully saturated rings. The third-order valence-corrected chi connectivity index (χ3v) is 2.30. The van der Waals surface area contributed by atoms with Crippen molar-refractivity contribution in [1.29, 1.82) is 0 Å². The summed E-state index contributed by atoms with van der Waals surface area (Å²) in [5.74, 6) is 0.853. The van der Waals surface area contributed by atoms with Crippen LogP contribution in [0.1, 0.15) is 19.8 Å². The first-order valence-electron chi connectivity index (χ1n) is 5.42. The Hall–Kier alpha value is -0.730. The van der Waals surface area contributed by atoms with Gasteiger partial charge in [0, 0.05) is 5.02 Å². The lowest BCUT2D eigenvalue weighted by molar-refractivity contribution is 0.306. The summed E-state index contributed by atoms with van der Waals surface area (Å²) in [5, 5.41) is 4.00. The van der Waals surface area contributed by atoms with Crippen LogP contribution in [0.3, 0.4) is 0 Å². The number of ether oxygens (including phenoxy) is 1. The molecule has 0 aliphatic carbocycles. The third-order valence-electron chi connectivity index (χ3n) is 2.06. The molecular weight excluding hydrogens is 210 g/mol. The van der Waals surface area contributed by atoms with Gasteiger partial charge < -0.3 is 10.1 Å². The number of unbranched alkanes of at least 4 members (excludes halogenated alkanes) is 1. The van der Waals surface area contributed by atoms with E-state index in [2.05, 4.69) is 12.2 Å². The molecule has 0 aromatic heterocycles. The molecule has 0 aliphatic heterocycles. The van der Waals surface area contributed by atoms with Crippen molar-refractivity contribution in [1.82, 2.24) is 5.32 Å². The fourth-order valence-electron chi connectivity index (χ4n) is 1.28. The van der Waals surface area contributed by atoms with Gasteiger partial charge in [0.2, 0.25) is 0 Å². The van der Waals surface area contributed by atoms with Gasteiger partial charge in [0.1, 0.15) is 5.75 Å². The Labute approximate surface area is 96.6 Å². The monoisotopic (exact) mass is 227 g/mol. The van der Waals surface area contributed by atoms with Gasteiger partial charge in [0.05, 0.1) is 6.61 Å². The summed E-state index contributed by atoms with van der Waals surface area (Å²) in [6.07, 6.45) is 2.22. The van der Waals surface area contributed by atoms with Crippen LogP contribution in [0, 0.1) is 0 Å². The summed E-state index contributed by atoms with van der Waals surface area (Å²) in [7, 11) is 0. The largest absolute Gasteiger partial charge is 0.494 e. The second kappa shape index (κ2) is 7.55. The molecule has 0 spiro atoms. The second-order valence-electron chi connectivity index (χ2n) is 3.37. The number of benzene rings is 1. The zero-order valence-electron chi connectivity index (χ0n) is 9.13. The Kier molecular flexibility index (Phi) is 6.21. The fourth-order valence-corrected chi connectivity index (χ4v) is 1.46. The van der Waals surface area contributed by atoms with Crippen molar-refractivity contribution in [2.45, 2.75) is 19.8 Å². The SMILES string of the molecule is CCNCCCCOc1cccc(Cl)c1. The Morgan fingerprint density at radius 1 is 1.33 bits per heavy atom. The maximum atomic E-state index is 5.84. The molecule has 0 heterocycles. The van der Waals surface area contributed by atoms with Gasteiger partial charge in [-0.1, -0.05) is 24.6 Å². The molecule has 0 radical (unpaired) electrons. The minimum Gasteiger partial charge on any atom is -0.494 e. The molecule has 0 saturated carbocycles. The summed E-state index contributed by atoms with van der Waals surface area (Å²) < 4.78 is 5.55. The average molecular weight is 228 g/mol. The molecule has 15 heavy (non-hydrogen) atoms. The molecule has 0 atom stereocenters. The highest BCUT2D eigenvalue weighted by molar-refractivity contribution is 6.30. The summed E-state index contributed by atoms with van der Waals surface area (Å²) in [4.78, 5) is 0. The Bertz CT molecular complexity index is 278. The van der Waals surface area contributed by atoms with Crippen LogP contribution in [0.5, 0.6) is 5.75 Å². The number of halogens is 1. The van der Waals surface area contributed by atoms with E-state index >= 15 is 0 Å². The van der Waals surface area contributed by atoms with Crippen molar-refractivity contribution in [3.8, 4) is 5.75 Å². The highest BCUT2D eigenvalue weighted by Gasteiger charge is 1.94. The maximum absolute atomic E-state index is 5.84. The van der Waals surface area contributed by atoms with E-state index < -0.39 is 0 Å². The van der Waals surface area contributed by atoms with E-state index in [1.165, 1.54) is 0 Å². The molecule has 1 rings (SSSR count). The first-order chi connectivity index (χ1) is 7.33. The van der Waals surface area contributed by atoms with Crippen molar-refractivity contribution >= 4 is 11.6 Å². The molecule has 1 aromatic rings. The predicted molar refractivity (Wildman–Crippen MR) is 64.7 cm³/mol. The Balaban J connectivity index is 2.10. The summed E-state index contributed by atoms with van der Waals surface area (Å²) in [6, 6.07) is 7.51. The zero-order chi connectivity index (χ0) is 10.9. The smallest absolute Gasteiger partial charge is 0.120 e. The van der Waals surface area contributed by atoms with Crippen LogP contribution in [0.15, 0.2) is 24.3 Å². The van der Waals surface area contributed by atoms with E-state index in [0.717, 1.165) is 43.3 Å². The molecule has 1 N–H and O–H groups in total. The molecule has 0 unspecified atom stereocenters. The van der Waals surface area contributed by atoms with Gasteiger partial charge in [-0.2, -0.15) is 0 Å². The van der Waals surface area contributed by atoms with Crippen LogP contribution in [-0.4, -0.2) is 19.7 Å². The van der Waals surface area contributed by atoms with Crippen LogP contribution in [0.25, 0.3) is 0 Å². The van der Waals surface area contributed by atoms with Crippen molar-refractivity contribution in [2.24, 2.45) is 0 Å². The third kappa shape index (κ3) is 5.65. The molecule has 1 aromatic carbocycles. The van der Waals surface area contributed by atoms with Crippen molar-refractivity contribution in [2.75, 3.05) is 19.7 Å². The number of nitrogens with one attached hydrogen (secondary N) is 1. The lowest BCUT2D eigenvalue weighted by Crippen LogP contribution is -2.14. The summed E-state index contributed by atoms with van der Waals surface area (Å²) >= 11 is 5.84. The highest BCUT2D eigenvalue weighted by Crippen LogP contribution is 2.17. The van der Waals surface area contributed by atoms with Gasteiger partial charge in [-0.05, 0) is 44.1 Å². The standard InChI is InChI=1S/C12H18ClNO/c1-2-14-8-3-4-9-15-12-7-5-6-11(13)10-12/h5-7,10,14H,2-4,8-9H2,1H3. The predicted octanol–water partition coefficient (Wildman–Crippen LogP) is 3.11. The molecule has 2 nitrogen and oxygen atoms in total. The van der Waals surface area contributed by atoms with Gasteiger partial charge in [0.15, 0.2) is 0 Å².